The van der Waals surface area contributed by atoms with E-state index < -0.39 is 11.7 Å². The van der Waals surface area contributed by atoms with Gasteiger partial charge >= 0.3 is 0 Å². The van der Waals surface area contributed by atoms with Crippen molar-refractivity contribution in [2.45, 2.75) is 16.7 Å². The molecule has 0 aliphatic rings. The molecule has 0 unspecified atom stereocenters. The summed E-state index contributed by atoms with van der Waals surface area (Å²) in [6.45, 7) is 1.72. The molecule has 0 aliphatic heterocycles. The number of nitrogens with zero attached hydrogens (tertiary/aromatic N) is 5. The first-order valence-corrected chi connectivity index (χ1v) is 10.0. The molecular weight excluding hydrogens is 415 g/mol. The van der Waals surface area contributed by atoms with E-state index >= 15 is 0 Å². The molecule has 1 N–H and O–H groups in total. The average molecular weight is 430 g/mol. The number of rotatable bonds is 5. The minimum Gasteiger partial charge on any atom is -0.319 e. The Balaban J connectivity index is 1.63. The molecule has 1 aromatic heterocycles. The molecule has 0 bridgehead atoms. The summed E-state index contributed by atoms with van der Waals surface area (Å²) in [5.41, 5.74) is 1.40. The summed E-state index contributed by atoms with van der Waals surface area (Å²) in [7, 11) is 0. The molecule has 4 rings (SSSR count). The van der Waals surface area contributed by atoms with E-state index in [1.807, 2.05) is 12.1 Å². The second-order valence-corrected chi connectivity index (χ2v) is 7.55. The number of nitrogens with one attached hydrogen (secondary N) is 1. The summed E-state index contributed by atoms with van der Waals surface area (Å²) in [5.74, 6) is -0.522. The van der Waals surface area contributed by atoms with Crippen LogP contribution in [0.2, 0.25) is 0 Å². The molecular formula is C22H15FN6OS. The van der Waals surface area contributed by atoms with E-state index in [0.29, 0.717) is 27.5 Å². The van der Waals surface area contributed by atoms with E-state index in [1.165, 1.54) is 34.6 Å². The normalized spacial score (nSPS) is 10.5. The van der Waals surface area contributed by atoms with Gasteiger partial charge in [0.2, 0.25) is 0 Å². The summed E-state index contributed by atoms with van der Waals surface area (Å²) in [6.07, 6.45) is 0. The van der Waals surface area contributed by atoms with Gasteiger partial charge in [-0.2, -0.15) is 9.94 Å². The molecule has 0 aliphatic carbocycles. The Kier molecular flexibility index (Phi) is 5.73. The Hall–Kier alpha value is -4.03. The van der Waals surface area contributed by atoms with E-state index in [9.17, 15) is 14.4 Å². The molecule has 31 heavy (non-hydrogen) atoms. The number of aromatic nitrogens is 4. The first-order chi connectivity index (χ1) is 15.1. The molecule has 9 heteroatoms. The molecule has 0 fully saturated rings. The number of anilines is 1. The summed E-state index contributed by atoms with van der Waals surface area (Å²) in [4.78, 5) is 14.4. The summed E-state index contributed by atoms with van der Waals surface area (Å²) in [6, 6.07) is 20.5. The highest BCUT2D eigenvalue weighted by molar-refractivity contribution is 7.99. The third-order valence-electron chi connectivity index (χ3n) is 4.43. The molecule has 7 nitrogen and oxygen atoms in total. The van der Waals surface area contributed by atoms with Crippen molar-refractivity contribution in [3.63, 3.8) is 0 Å². The predicted molar refractivity (Wildman–Crippen MR) is 114 cm³/mol. The van der Waals surface area contributed by atoms with Crippen LogP contribution in [-0.2, 0) is 0 Å². The van der Waals surface area contributed by atoms with Gasteiger partial charge in [0, 0.05) is 9.79 Å². The Morgan fingerprint density at radius 1 is 1.10 bits per heavy atom. The number of nitriles is 1. The Morgan fingerprint density at radius 2 is 1.84 bits per heavy atom. The number of benzene rings is 3. The topological polar surface area (TPSA) is 96.5 Å². The summed E-state index contributed by atoms with van der Waals surface area (Å²) in [5, 5.41) is 23.2. The highest BCUT2D eigenvalue weighted by Gasteiger charge is 2.16. The van der Waals surface area contributed by atoms with Crippen molar-refractivity contribution in [2.24, 2.45) is 0 Å². The Bertz CT molecular complexity index is 1310. The van der Waals surface area contributed by atoms with Gasteiger partial charge < -0.3 is 5.32 Å². The van der Waals surface area contributed by atoms with Crippen molar-refractivity contribution in [3.8, 4) is 11.8 Å². The van der Waals surface area contributed by atoms with Gasteiger partial charge in [-0.15, -0.1) is 5.10 Å². The fourth-order valence-electron chi connectivity index (χ4n) is 2.91. The van der Waals surface area contributed by atoms with Gasteiger partial charge in [0.15, 0.2) is 5.82 Å². The molecule has 0 spiro atoms. The predicted octanol–water partition coefficient (Wildman–Crippen LogP) is 4.39. The lowest BCUT2D eigenvalue weighted by Crippen LogP contribution is -2.14. The molecule has 1 amide bonds. The standard InChI is InChI=1S/C22H15FN6OS/c1-14-26-27-28-29(14)16-10-11-18(23)19(12-16)25-22(30)17-7-3-5-9-21(17)31-20-8-4-2-6-15(20)13-24/h2-12H,1H3,(H,25,30). The second-order valence-electron chi connectivity index (χ2n) is 6.46. The number of tetrazole rings is 1. The lowest BCUT2D eigenvalue weighted by molar-refractivity contribution is 0.102. The van der Waals surface area contributed by atoms with Crippen molar-refractivity contribution >= 4 is 23.4 Å². The molecule has 0 atom stereocenters. The third-order valence-corrected chi connectivity index (χ3v) is 5.58. The maximum atomic E-state index is 14.4. The van der Waals surface area contributed by atoms with Crippen molar-refractivity contribution in [1.29, 1.82) is 5.26 Å². The van der Waals surface area contributed by atoms with Gasteiger partial charge in [-0.1, -0.05) is 36.0 Å². The first-order valence-electron chi connectivity index (χ1n) is 9.19. The van der Waals surface area contributed by atoms with Crippen LogP contribution in [0.1, 0.15) is 21.7 Å². The molecule has 4 aromatic rings. The van der Waals surface area contributed by atoms with Crippen LogP contribution in [0.15, 0.2) is 76.5 Å². The maximum Gasteiger partial charge on any atom is 0.256 e. The largest absolute Gasteiger partial charge is 0.319 e. The lowest BCUT2D eigenvalue weighted by atomic mass is 10.2. The minimum absolute atomic E-state index is 0.00891. The van der Waals surface area contributed by atoms with Crippen molar-refractivity contribution in [1.82, 2.24) is 20.2 Å². The smallest absolute Gasteiger partial charge is 0.256 e. The molecule has 0 saturated carbocycles. The van der Waals surface area contributed by atoms with E-state index in [-0.39, 0.29) is 5.69 Å². The second kappa shape index (κ2) is 8.77. The lowest BCUT2D eigenvalue weighted by Gasteiger charge is -2.12. The van der Waals surface area contributed by atoms with Crippen LogP contribution in [0.5, 0.6) is 0 Å². The number of hydrogen-bond acceptors (Lipinski definition) is 6. The quantitative estimate of drug-likeness (QED) is 0.505. The van der Waals surface area contributed by atoms with Gasteiger partial charge in [0.25, 0.3) is 5.91 Å². The number of aryl methyl sites for hydroxylation is 1. The zero-order chi connectivity index (χ0) is 21.8. The van der Waals surface area contributed by atoms with E-state index in [1.54, 1.807) is 43.3 Å². The van der Waals surface area contributed by atoms with Gasteiger partial charge in [-0.05, 0) is 59.8 Å². The molecule has 0 radical (unpaired) electrons. The number of amides is 1. The van der Waals surface area contributed by atoms with E-state index in [0.717, 1.165) is 4.90 Å². The zero-order valence-corrected chi connectivity index (χ0v) is 17.1. The number of carbonyl (C=O) groups excluding carboxylic acids is 1. The van der Waals surface area contributed by atoms with Gasteiger partial charge in [0.05, 0.1) is 22.5 Å². The molecule has 1 heterocycles. The Labute approximate surface area is 181 Å². The zero-order valence-electron chi connectivity index (χ0n) is 16.3. The molecule has 152 valence electrons. The van der Waals surface area contributed by atoms with Crippen LogP contribution in [0.25, 0.3) is 5.69 Å². The van der Waals surface area contributed by atoms with E-state index in [2.05, 4.69) is 26.9 Å². The highest BCUT2D eigenvalue weighted by Crippen LogP contribution is 2.33. The fraction of sp³-hybridized carbons (Fsp3) is 0.0455. The number of carbonyl (C=O) groups is 1. The van der Waals surface area contributed by atoms with Gasteiger partial charge in [0.1, 0.15) is 11.9 Å². The average Bonchev–Trinajstić information content (AvgIpc) is 3.22. The fourth-order valence-corrected chi connectivity index (χ4v) is 3.93. The van der Waals surface area contributed by atoms with Crippen LogP contribution in [0, 0.1) is 24.1 Å². The van der Waals surface area contributed by atoms with Crippen LogP contribution in [0.3, 0.4) is 0 Å². The highest BCUT2D eigenvalue weighted by atomic mass is 32.2. The van der Waals surface area contributed by atoms with Crippen molar-refractivity contribution in [3.05, 3.63) is 89.5 Å². The number of halogens is 1. The van der Waals surface area contributed by atoms with E-state index in [4.69, 9.17) is 0 Å². The van der Waals surface area contributed by atoms with Crippen LogP contribution in [-0.4, -0.2) is 26.1 Å². The van der Waals surface area contributed by atoms with Gasteiger partial charge in [-0.3, -0.25) is 4.79 Å². The summed E-state index contributed by atoms with van der Waals surface area (Å²) >= 11 is 1.30. The van der Waals surface area contributed by atoms with Crippen LogP contribution in [0.4, 0.5) is 10.1 Å². The SMILES string of the molecule is Cc1nnnn1-c1ccc(F)c(NC(=O)c2ccccc2Sc2ccccc2C#N)c1. The van der Waals surface area contributed by atoms with Crippen molar-refractivity contribution in [2.75, 3.05) is 5.32 Å². The summed E-state index contributed by atoms with van der Waals surface area (Å²) < 4.78 is 15.9. The third kappa shape index (κ3) is 4.29. The monoisotopic (exact) mass is 430 g/mol. The van der Waals surface area contributed by atoms with Crippen molar-refractivity contribution < 1.29 is 9.18 Å². The van der Waals surface area contributed by atoms with Crippen LogP contribution < -0.4 is 5.32 Å². The number of hydrogen-bond donors (Lipinski definition) is 1. The van der Waals surface area contributed by atoms with Crippen LogP contribution >= 0.6 is 11.8 Å². The molecule has 3 aromatic carbocycles. The first kappa shape index (κ1) is 20.3. The molecule has 0 saturated heterocycles. The van der Waals surface area contributed by atoms with Gasteiger partial charge in [-0.25, -0.2) is 4.39 Å². The minimum atomic E-state index is -0.581. The maximum absolute atomic E-state index is 14.4. The Morgan fingerprint density at radius 3 is 2.58 bits per heavy atom.